The first-order valence-corrected chi connectivity index (χ1v) is 10.3. The first-order chi connectivity index (χ1) is 14.0. The van der Waals surface area contributed by atoms with E-state index in [0.717, 1.165) is 42.8 Å². The van der Waals surface area contributed by atoms with E-state index in [2.05, 4.69) is 5.32 Å². The molecule has 2 aromatic rings. The van der Waals surface area contributed by atoms with Crippen LogP contribution in [0.2, 0.25) is 5.02 Å². The van der Waals surface area contributed by atoms with Crippen molar-refractivity contribution in [2.45, 2.75) is 32.6 Å². The Balaban J connectivity index is 1.52. The fraction of sp³-hybridized carbons (Fsp3) is 0.391. The van der Waals surface area contributed by atoms with Crippen LogP contribution < -0.4 is 10.1 Å². The summed E-state index contributed by atoms with van der Waals surface area (Å²) < 4.78 is 5.20. The molecule has 29 heavy (non-hydrogen) atoms. The molecule has 2 amide bonds. The molecule has 5 nitrogen and oxygen atoms in total. The Morgan fingerprint density at radius 2 is 2.03 bits per heavy atom. The van der Waals surface area contributed by atoms with Crippen molar-refractivity contribution < 1.29 is 14.3 Å². The summed E-state index contributed by atoms with van der Waals surface area (Å²) in [7, 11) is 1.62. The Bertz CT molecular complexity index is 884. The molecule has 1 aliphatic heterocycles. The van der Waals surface area contributed by atoms with E-state index in [-0.39, 0.29) is 11.8 Å². The fourth-order valence-electron chi connectivity index (χ4n) is 3.74. The Hall–Kier alpha value is -2.53. The number of piperidine rings is 1. The lowest BCUT2D eigenvalue weighted by Gasteiger charge is -2.33. The maximum Gasteiger partial charge on any atom is 0.255 e. The van der Waals surface area contributed by atoms with E-state index >= 15 is 0 Å². The highest BCUT2D eigenvalue weighted by molar-refractivity contribution is 6.33. The lowest BCUT2D eigenvalue weighted by molar-refractivity contribution is -0.116. The summed E-state index contributed by atoms with van der Waals surface area (Å²) in [6.45, 7) is 3.34. The standard InChI is InChI=1S/C23H27ClN2O3/c1-16-14-18(29-2)10-11-21(16)25-22(27)12-9-17-6-5-13-26(15-17)23(28)19-7-3-4-8-20(19)24/h3-4,7-8,10-11,14,17H,5-6,9,12-13,15H2,1-2H3,(H,25,27). The van der Waals surface area contributed by atoms with Gasteiger partial charge in [-0.05, 0) is 68.0 Å². The number of carbonyl (C=O) groups excluding carboxylic acids is 2. The normalized spacial score (nSPS) is 16.4. The number of benzene rings is 2. The van der Waals surface area contributed by atoms with Crippen LogP contribution in [-0.2, 0) is 4.79 Å². The van der Waals surface area contributed by atoms with Crippen molar-refractivity contribution >= 4 is 29.1 Å². The number of rotatable bonds is 6. The van der Waals surface area contributed by atoms with Gasteiger partial charge in [0.25, 0.3) is 5.91 Å². The van der Waals surface area contributed by atoms with E-state index in [1.165, 1.54) is 0 Å². The van der Waals surface area contributed by atoms with Crippen molar-refractivity contribution in [3.8, 4) is 5.75 Å². The average molecular weight is 415 g/mol. The third kappa shape index (κ3) is 5.51. The molecule has 0 aliphatic carbocycles. The summed E-state index contributed by atoms with van der Waals surface area (Å²) in [6, 6.07) is 12.7. The molecule has 0 radical (unpaired) electrons. The van der Waals surface area contributed by atoms with Crippen LogP contribution in [0.1, 0.15) is 41.6 Å². The van der Waals surface area contributed by atoms with Gasteiger partial charge in [-0.3, -0.25) is 9.59 Å². The van der Waals surface area contributed by atoms with E-state index in [0.29, 0.717) is 29.5 Å². The maximum absolute atomic E-state index is 12.8. The molecule has 1 saturated heterocycles. The molecule has 1 fully saturated rings. The van der Waals surface area contributed by atoms with Crippen molar-refractivity contribution in [3.05, 3.63) is 58.6 Å². The third-order valence-corrected chi connectivity index (χ3v) is 5.73. The minimum absolute atomic E-state index is 0.00665. The molecule has 1 heterocycles. The lowest BCUT2D eigenvalue weighted by Crippen LogP contribution is -2.40. The number of anilines is 1. The van der Waals surface area contributed by atoms with Gasteiger partial charge in [0.1, 0.15) is 5.75 Å². The molecule has 0 aromatic heterocycles. The average Bonchev–Trinajstić information content (AvgIpc) is 2.74. The van der Waals surface area contributed by atoms with Crippen LogP contribution in [0.5, 0.6) is 5.75 Å². The van der Waals surface area contributed by atoms with Gasteiger partial charge in [-0.15, -0.1) is 0 Å². The van der Waals surface area contributed by atoms with E-state index in [4.69, 9.17) is 16.3 Å². The van der Waals surface area contributed by atoms with Gasteiger partial charge in [0.2, 0.25) is 5.91 Å². The van der Waals surface area contributed by atoms with Crippen LogP contribution in [0.15, 0.2) is 42.5 Å². The number of nitrogens with zero attached hydrogens (tertiary/aromatic N) is 1. The molecule has 0 saturated carbocycles. The first-order valence-electron chi connectivity index (χ1n) is 9.96. The lowest BCUT2D eigenvalue weighted by atomic mass is 9.92. The number of aryl methyl sites for hydroxylation is 1. The molecule has 1 unspecified atom stereocenters. The van der Waals surface area contributed by atoms with E-state index in [9.17, 15) is 9.59 Å². The van der Waals surface area contributed by atoms with Crippen molar-refractivity contribution in [2.75, 3.05) is 25.5 Å². The van der Waals surface area contributed by atoms with Crippen LogP contribution in [0.25, 0.3) is 0 Å². The van der Waals surface area contributed by atoms with Gasteiger partial charge in [0, 0.05) is 25.2 Å². The highest BCUT2D eigenvalue weighted by atomic mass is 35.5. The molecule has 6 heteroatoms. The highest BCUT2D eigenvalue weighted by Gasteiger charge is 2.25. The van der Waals surface area contributed by atoms with Crippen LogP contribution in [0.4, 0.5) is 5.69 Å². The minimum Gasteiger partial charge on any atom is -0.497 e. The third-order valence-electron chi connectivity index (χ3n) is 5.40. The SMILES string of the molecule is COc1ccc(NC(=O)CCC2CCCN(C(=O)c3ccccc3Cl)C2)c(C)c1. The number of hydrogen-bond acceptors (Lipinski definition) is 3. The molecule has 0 bridgehead atoms. The minimum atomic E-state index is -0.0291. The van der Waals surface area contributed by atoms with Gasteiger partial charge in [-0.1, -0.05) is 23.7 Å². The summed E-state index contributed by atoms with van der Waals surface area (Å²) in [5.41, 5.74) is 2.31. The van der Waals surface area contributed by atoms with Crippen molar-refractivity contribution in [2.24, 2.45) is 5.92 Å². The molecule has 0 spiro atoms. The number of carbonyl (C=O) groups is 2. The van der Waals surface area contributed by atoms with Gasteiger partial charge in [-0.25, -0.2) is 0 Å². The fourth-order valence-corrected chi connectivity index (χ4v) is 3.96. The summed E-state index contributed by atoms with van der Waals surface area (Å²) >= 11 is 6.18. The zero-order valence-electron chi connectivity index (χ0n) is 16.9. The molecule has 2 aromatic carbocycles. The number of likely N-dealkylation sites (tertiary alicyclic amines) is 1. The molecule has 1 aliphatic rings. The van der Waals surface area contributed by atoms with Gasteiger partial charge in [0.15, 0.2) is 0 Å². The zero-order valence-corrected chi connectivity index (χ0v) is 17.7. The quantitative estimate of drug-likeness (QED) is 0.729. The molecule has 1 N–H and O–H groups in total. The summed E-state index contributed by atoms with van der Waals surface area (Å²) in [6.07, 6.45) is 3.17. The van der Waals surface area contributed by atoms with Crippen molar-refractivity contribution in [1.29, 1.82) is 0 Å². The van der Waals surface area contributed by atoms with E-state index in [1.54, 1.807) is 19.2 Å². The second kappa shape index (κ2) is 9.79. The van der Waals surface area contributed by atoms with Gasteiger partial charge < -0.3 is 15.0 Å². The number of hydrogen-bond donors (Lipinski definition) is 1. The van der Waals surface area contributed by atoms with Crippen molar-refractivity contribution in [3.63, 3.8) is 0 Å². The second-order valence-corrected chi connectivity index (χ2v) is 7.91. The van der Waals surface area contributed by atoms with Gasteiger partial charge in [0.05, 0.1) is 17.7 Å². The number of nitrogens with one attached hydrogen (secondary N) is 1. The smallest absolute Gasteiger partial charge is 0.255 e. The van der Waals surface area contributed by atoms with Crippen LogP contribution in [-0.4, -0.2) is 36.9 Å². The predicted molar refractivity (Wildman–Crippen MR) is 116 cm³/mol. The summed E-state index contributed by atoms with van der Waals surface area (Å²) in [5.74, 6) is 1.05. The Kier molecular flexibility index (Phi) is 7.15. The number of halogens is 1. The Morgan fingerprint density at radius 3 is 2.76 bits per heavy atom. The maximum atomic E-state index is 12.8. The largest absolute Gasteiger partial charge is 0.497 e. The summed E-state index contributed by atoms with van der Waals surface area (Å²) in [4.78, 5) is 27.1. The molecular formula is C23H27ClN2O3. The van der Waals surface area contributed by atoms with E-state index in [1.807, 2.05) is 42.2 Å². The zero-order chi connectivity index (χ0) is 20.8. The first kappa shape index (κ1) is 21.2. The van der Waals surface area contributed by atoms with Gasteiger partial charge in [-0.2, -0.15) is 0 Å². The van der Waals surface area contributed by atoms with Crippen LogP contribution >= 0.6 is 11.6 Å². The predicted octanol–water partition coefficient (Wildman–Crippen LogP) is 4.93. The monoisotopic (exact) mass is 414 g/mol. The number of ether oxygens (including phenoxy) is 1. The number of methoxy groups -OCH3 is 1. The molecule has 154 valence electrons. The van der Waals surface area contributed by atoms with Gasteiger partial charge >= 0.3 is 0 Å². The van der Waals surface area contributed by atoms with Crippen LogP contribution in [0.3, 0.4) is 0 Å². The highest BCUT2D eigenvalue weighted by Crippen LogP contribution is 2.26. The van der Waals surface area contributed by atoms with Crippen molar-refractivity contribution in [1.82, 2.24) is 4.90 Å². The summed E-state index contributed by atoms with van der Waals surface area (Å²) in [5, 5.41) is 3.46. The van der Waals surface area contributed by atoms with E-state index < -0.39 is 0 Å². The Morgan fingerprint density at radius 1 is 1.24 bits per heavy atom. The Labute approximate surface area is 177 Å². The topological polar surface area (TPSA) is 58.6 Å². The second-order valence-electron chi connectivity index (χ2n) is 7.51. The van der Waals surface area contributed by atoms with Crippen LogP contribution in [0, 0.1) is 12.8 Å². The molecular weight excluding hydrogens is 388 g/mol. The molecule has 1 atom stereocenters. The number of amides is 2. The molecule has 3 rings (SSSR count).